The third kappa shape index (κ3) is 1.99. The molecule has 0 radical (unpaired) electrons. The van der Waals surface area contributed by atoms with Crippen LogP contribution < -0.4 is 10.6 Å². The summed E-state index contributed by atoms with van der Waals surface area (Å²) in [6.07, 6.45) is 1.13. The molecule has 2 N–H and O–H groups in total. The van der Waals surface area contributed by atoms with Crippen LogP contribution in [0.25, 0.3) is 0 Å². The number of benzene rings is 2. The van der Waals surface area contributed by atoms with E-state index in [2.05, 4.69) is 42.8 Å². The normalized spacial score (nSPS) is 14.4. The fourth-order valence-electron chi connectivity index (χ4n) is 2.70. The maximum atomic E-state index is 4.50. The van der Waals surface area contributed by atoms with Crippen molar-refractivity contribution in [2.45, 2.75) is 13.0 Å². The first-order valence-electron chi connectivity index (χ1n) is 6.71. The summed E-state index contributed by atoms with van der Waals surface area (Å²) >= 11 is 0.0235. The van der Waals surface area contributed by atoms with Gasteiger partial charge in [-0.15, -0.1) is 0 Å². The quantitative estimate of drug-likeness (QED) is 0.721. The van der Waals surface area contributed by atoms with Gasteiger partial charge in [0.05, 0.1) is 0 Å². The Hall–Kier alpha value is -1.84. The van der Waals surface area contributed by atoms with E-state index < -0.39 is 0 Å². The van der Waals surface area contributed by atoms with Gasteiger partial charge < -0.3 is 0 Å². The Morgan fingerprint density at radius 1 is 1.15 bits per heavy atom. The summed E-state index contributed by atoms with van der Waals surface area (Å²) < 4.78 is 8.92. The van der Waals surface area contributed by atoms with Gasteiger partial charge in [0.1, 0.15) is 0 Å². The fourth-order valence-corrected chi connectivity index (χ4v) is 3.85. The molecule has 2 aliphatic heterocycles. The van der Waals surface area contributed by atoms with Crippen molar-refractivity contribution in [2.24, 2.45) is 7.92 Å². The zero-order valence-electron chi connectivity index (χ0n) is 10.9. The second-order valence-corrected chi connectivity index (χ2v) is 6.03. The Morgan fingerprint density at radius 2 is 2.10 bits per heavy atom. The zero-order valence-corrected chi connectivity index (χ0v) is 12.6. The van der Waals surface area contributed by atoms with E-state index in [1.807, 2.05) is 12.1 Å². The molecule has 100 valence electrons. The van der Waals surface area contributed by atoms with Crippen LogP contribution in [0.5, 0.6) is 0 Å². The van der Waals surface area contributed by atoms with Gasteiger partial charge in [-0.05, 0) is 0 Å². The van der Waals surface area contributed by atoms with Crippen molar-refractivity contribution < 1.29 is 0 Å². The number of rotatable bonds is 3. The molecule has 0 spiro atoms. The van der Waals surface area contributed by atoms with Crippen LogP contribution in [0.15, 0.2) is 44.3 Å². The minimum absolute atomic E-state index is 0.0235. The second kappa shape index (κ2) is 4.93. The van der Waals surface area contributed by atoms with E-state index in [0.717, 1.165) is 36.6 Å². The number of hydrogen-bond donors (Lipinski definition) is 2. The number of para-hydroxylation sites is 1. The Morgan fingerprint density at radius 3 is 3.10 bits per heavy atom. The van der Waals surface area contributed by atoms with Gasteiger partial charge >= 0.3 is 123 Å². The van der Waals surface area contributed by atoms with Crippen molar-refractivity contribution >= 4 is 37.3 Å². The molecule has 0 aliphatic carbocycles. The third-order valence-electron chi connectivity index (χ3n) is 3.69. The van der Waals surface area contributed by atoms with Gasteiger partial charge in [0.15, 0.2) is 0 Å². The van der Waals surface area contributed by atoms with E-state index in [0.29, 0.717) is 0 Å². The summed E-state index contributed by atoms with van der Waals surface area (Å²) in [5, 5.41) is 6.99. The molecule has 0 aromatic heterocycles. The molecule has 2 aromatic carbocycles. The Bertz CT molecular complexity index is 748. The predicted molar refractivity (Wildman–Crippen MR) is 82.3 cm³/mol. The summed E-state index contributed by atoms with van der Waals surface area (Å²) in [6.45, 7) is 1.86. The Labute approximate surface area is 123 Å². The van der Waals surface area contributed by atoms with Crippen LogP contribution in [0.2, 0.25) is 0 Å². The number of fused-ring (bicyclic) bond motifs is 2. The molecule has 4 rings (SSSR count). The number of anilines is 2. The molecular weight excluding hydrogens is 315 g/mol. The first-order chi connectivity index (χ1) is 9.92. The third-order valence-corrected chi connectivity index (χ3v) is 4.83. The zero-order chi connectivity index (χ0) is 13.4. The molecule has 0 saturated heterocycles. The Balaban J connectivity index is 1.59. The van der Waals surface area contributed by atoms with Crippen LogP contribution in [-0.2, 0) is 13.0 Å². The van der Waals surface area contributed by atoms with Gasteiger partial charge in [0.25, 0.3) is 0 Å². The SMILES string of the molecule is c1cc2c(c(CNc3cccc4c3N=[Se]=N4)c1)NCC2. The fraction of sp³-hybridized carbons (Fsp3) is 0.200. The minimum atomic E-state index is 0.0235. The van der Waals surface area contributed by atoms with Crippen molar-refractivity contribution in [1.82, 2.24) is 0 Å². The maximum absolute atomic E-state index is 4.50. The van der Waals surface area contributed by atoms with Gasteiger partial charge in [0.2, 0.25) is 0 Å². The van der Waals surface area contributed by atoms with E-state index in [1.54, 1.807) is 0 Å². The first kappa shape index (κ1) is 11.9. The summed E-state index contributed by atoms with van der Waals surface area (Å²) in [4.78, 5) is 0. The molecule has 0 unspecified atom stereocenters. The molecule has 2 heterocycles. The molecule has 0 saturated carbocycles. The van der Waals surface area contributed by atoms with Crippen LogP contribution in [0.3, 0.4) is 0 Å². The van der Waals surface area contributed by atoms with Crippen LogP contribution >= 0.6 is 0 Å². The van der Waals surface area contributed by atoms with E-state index in [4.69, 9.17) is 0 Å². The number of nitrogens with zero attached hydrogens (tertiary/aromatic N) is 2. The molecule has 20 heavy (non-hydrogen) atoms. The monoisotopic (exact) mass is 330 g/mol. The summed E-state index contributed by atoms with van der Waals surface area (Å²) in [7, 11) is 0. The van der Waals surface area contributed by atoms with E-state index in [-0.39, 0.29) is 14.6 Å². The van der Waals surface area contributed by atoms with Crippen LogP contribution in [-0.4, -0.2) is 21.1 Å². The molecule has 0 atom stereocenters. The van der Waals surface area contributed by atoms with Gasteiger partial charge in [-0.2, -0.15) is 0 Å². The van der Waals surface area contributed by atoms with Crippen molar-refractivity contribution in [3.63, 3.8) is 0 Å². The topological polar surface area (TPSA) is 48.8 Å². The average Bonchev–Trinajstić information content (AvgIpc) is 3.13. The number of nitrogens with one attached hydrogen (secondary N) is 2. The molecule has 2 aliphatic rings. The first-order valence-corrected chi connectivity index (χ1v) is 8.25. The molecule has 5 heteroatoms. The average molecular weight is 329 g/mol. The van der Waals surface area contributed by atoms with Crippen molar-refractivity contribution in [2.75, 3.05) is 17.2 Å². The van der Waals surface area contributed by atoms with Gasteiger partial charge in [-0.1, -0.05) is 0 Å². The van der Waals surface area contributed by atoms with Crippen molar-refractivity contribution in [3.05, 3.63) is 47.5 Å². The molecule has 0 bridgehead atoms. The Kier molecular flexibility index (Phi) is 2.94. The summed E-state index contributed by atoms with van der Waals surface area (Å²) in [5.74, 6) is 0. The van der Waals surface area contributed by atoms with Crippen LogP contribution in [0.4, 0.5) is 22.7 Å². The summed E-state index contributed by atoms with van der Waals surface area (Å²) in [5.41, 5.74) is 7.17. The van der Waals surface area contributed by atoms with E-state index in [1.165, 1.54) is 16.8 Å². The van der Waals surface area contributed by atoms with Crippen molar-refractivity contribution in [1.29, 1.82) is 0 Å². The second-order valence-electron chi connectivity index (χ2n) is 4.92. The van der Waals surface area contributed by atoms with Gasteiger partial charge in [0, 0.05) is 0 Å². The van der Waals surface area contributed by atoms with Crippen LogP contribution in [0, 0.1) is 0 Å². The van der Waals surface area contributed by atoms with E-state index in [9.17, 15) is 0 Å². The molecular formula is C15H14N4Se. The van der Waals surface area contributed by atoms with Crippen molar-refractivity contribution in [3.8, 4) is 0 Å². The molecule has 4 nitrogen and oxygen atoms in total. The molecule has 0 amide bonds. The summed E-state index contributed by atoms with van der Waals surface area (Å²) in [6, 6.07) is 12.7. The predicted octanol–water partition coefficient (Wildman–Crippen LogP) is 3.61. The van der Waals surface area contributed by atoms with Gasteiger partial charge in [-0.25, -0.2) is 0 Å². The van der Waals surface area contributed by atoms with Gasteiger partial charge in [-0.3, -0.25) is 0 Å². The van der Waals surface area contributed by atoms with Crippen LogP contribution in [0.1, 0.15) is 11.1 Å². The van der Waals surface area contributed by atoms with E-state index >= 15 is 0 Å². The number of hydrogen-bond acceptors (Lipinski definition) is 4. The molecule has 0 fully saturated rings. The standard InChI is InChI=1S/C15H14N4Se/c1-3-10-7-8-16-14(10)11(4-1)9-17-12-5-2-6-13-15(12)19-20-18-13/h1-6,16-17H,7-9H2. The molecule has 2 aromatic rings.